The van der Waals surface area contributed by atoms with E-state index in [9.17, 15) is 5.11 Å². The largest absolute Gasteiger partial charge is 0.389 e. The maximum Gasteiger partial charge on any atom is 0.0897 e. The Morgan fingerprint density at radius 3 is 2.72 bits per heavy atom. The van der Waals surface area contributed by atoms with Crippen molar-refractivity contribution in [2.24, 2.45) is 11.8 Å². The molecule has 3 nitrogen and oxygen atoms in total. The summed E-state index contributed by atoms with van der Waals surface area (Å²) in [6.07, 6.45) is 9.19. The van der Waals surface area contributed by atoms with E-state index >= 15 is 0 Å². The summed E-state index contributed by atoms with van der Waals surface area (Å²) in [4.78, 5) is 0. The van der Waals surface area contributed by atoms with E-state index in [0.29, 0.717) is 25.2 Å². The van der Waals surface area contributed by atoms with E-state index in [1.807, 2.05) is 0 Å². The first-order chi connectivity index (χ1) is 8.75. The Bertz CT molecular complexity index is 231. The van der Waals surface area contributed by atoms with Gasteiger partial charge in [-0.05, 0) is 37.6 Å². The second-order valence-electron chi connectivity index (χ2n) is 6.22. The standard InChI is InChI=1S/C15H29NO2/c1-12-4-2-3-5-15(12)18-11-14(17)10-16-9-8-13-6-7-13/h12-17H,2-11H2,1H3. The molecule has 2 rings (SSSR count). The van der Waals surface area contributed by atoms with Crippen LogP contribution in [0.4, 0.5) is 0 Å². The molecule has 2 fully saturated rings. The molecule has 0 saturated heterocycles. The van der Waals surface area contributed by atoms with Gasteiger partial charge in [-0.25, -0.2) is 0 Å². The third-order valence-corrected chi connectivity index (χ3v) is 4.34. The third-order valence-electron chi connectivity index (χ3n) is 4.34. The van der Waals surface area contributed by atoms with E-state index in [2.05, 4.69) is 12.2 Å². The van der Waals surface area contributed by atoms with Crippen molar-refractivity contribution in [1.29, 1.82) is 0 Å². The van der Waals surface area contributed by atoms with Crippen LogP contribution in [0.2, 0.25) is 0 Å². The highest BCUT2D eigenvalue weighted by Gasteiger charge is 2.23. The van der Waals surface area contributed by atoms with Gasteiger partial charge in [0.1, 0.15) is 0 Å². The SMILES string of the molecule is CC1CCCCC1OCC(O)CNCCC1CC1. The van der Waals surface area contributed by atoms with Crippen molar-refractivity contribution in [3.8, 4) is 0 Å². The highest BCUT2D eigenvalue weighted by molar-refractivity contribution is 4.75. The lowest BCUT2D eigenvalue weighted by Crippen LogP contribution is -2.34. The summed E-state index contributed by atoms with van der Waals surface area (Å²) in [7, 11) is 0. The second-order valence-corrected chi connectivity index (χ2v) is 6.22. The molecule has 2 saturated carbocycles. The molecule has 3 heteroatoms. The summed E-state index contributed by atoms with van der Waals surface area (Å²) in [5.41, 5.74) is 0. The molecule has 0 spiro atoms. The van der Waals surface area contributed by atoms with E-state index in [0.717, 1.165) is 12.5 Å². The minimum absolute atomic E-state index is 0.349. The monoisotopic (exact) mass is 255 g/mol. The van der Waals surface area contributed by atoms with Crippen LogP contribution in [0, 0.1) is 11.8 Å². The first-order valence-electron chi connectivity index (χ1n) is 7.76. The predicted molar refractivity (Wildman–Crippen MR) is 73.6 cm³/mol. The van der Waals surface area contributed by atoms with Crippen LogP contribution in [0.15, 0.2) is 0 Å². The van der Waals surface area contributed by atoms with E-state index in [1.54, 1.807) is 0 Å². The van der Waals surface area contributed by atoms with Crippen molar-refractivity contribution in [3.63, 3.8) is 0 Å². The van der Waals surface area contributed by atoms with Gasteiger partial charge in [-0.1, -0.05) is 32.6 Å². The van der Waals surface area contributed by atoms with Crippen LogP contribution >= 0.6 is 0 Å². The molecule has 0 aromatic carbocycles. The average Bonchev–Trinajstić information content (AvgIpc) is 3.18. The van der Waals surface area contributed by atoms with Gasteiger partial charge in [0.15, 0.2) is 0 Å². The van der Waals surface area contributed by atoms with Gasteiger partial charge in [-0.15, -0.1) is 0 Å². The maximum atomic E-state index is 9.86. The molecule has 18 heavy (non-hydrogen) atoms. The highest BCUT2D eigenvalue weighted by Crippen LogP contribution is 2.31. The number of hydrogen-bond acceptors (Lipinski definition) is 3. The quantitative estimate of drug-likeness (QED) is 0.654. The zero-order valence-electron chi connectivity index (χ0n) is 11.7. The normalized spacial score (nSPS) is 30.3. The lowest BCUT2D eigenvalue weighted by Gasteiger charge is -2.29. The first kappa shape index (κ1) is 14.3. The average molecular weight is 255 g/mol. The lowest BCUT2D eigenvalue weighted by atomic mass is 9.88. The van der Waals surface area contributed by atoms with Gasteiger partial charge < -0.3 is 15.2 Å². The number of ether oxygens (including phenoxy) is 1. The fourth-order valence-electron chi connectivity index (χ4n) is 2.80. The topological polar surface area (TPSA) is 41.5 Å². The van der Waals surface area contributed by atoms with E-state index in [1.165, 1.54) is 44.9 Å². The van der Waals surface area contributed by atoms with Gasteiger partial charge in [-0.3, -0.25) is 0 Å². The van der Waals surface area contributed by atoms with Crippen molar-refractivity contribution >= 4 is 0 Å². The van der Waals surface area contributed by atoms with Crippen molar-refractivity contribution in [2.45, 2.75) is 64.1 Å². The van der Waals surface area contributed by atoms with Gasteiger partial charge in [0.2, 0.25) is 0 Å². The van der Waals surface area contributed by atoms with Gasteiger partial charge in [-0.2, -0.15) is 0 Å². The Hall–Kier alpha value is -0.120. The summed E-state index contributed by atoms with van der Waals surface area (Å²) in [5.74, 6) is 1.63. The highest BCUT2D eigenvalue weighted by atomic mass is 16.5. The Labute approximate surface area is 111 Å². The van der Waals surface area contributed by atoms with Crippen LogP contribution in [0.1, 0.15) is 51.9 Å². The summed E-state index contributed by atoms with van der Waals surface area (Å²) >= 11 is 0. The Kier molecular flexibility index (Phi) is 5.93. The number of aliphatic hydroxyl groups excluding tert-OH is 1. The molecular weight excluding hydrogens is 226 g/mol. The number of hydrogen-bond donors (Lipinski definition) is 2. The molecule has 0 aromatic heterocycles. The molecule has 0 heterocycles. The van der Waals surface area contributed by atoms with Crippen molar-refractivity contribution in [2.75, 3.05) is 19.7 Å². The summed E-state index contributed by atoms with van der Waals surface area (Å²) in [6.45, 7) is 4.48. The van der Waals surface area contributed by atoms with Crippen molar-refractivity contribution in [3.05, 3.63) is 0 Å². The van der Waals surface area contributed by atoms with E-state index in [-0.39, 0.29) is 6.10 Å². The third kappa shape index (κ3) is 5.25. The Balaban J connectivity index is 1.48. The predicted octanol–water partition coefficient (Wildman–Crippen LogP) is 2.33. The van der Waals surface area contributed by atoms with Crippen LogP contribution < -0.4 is 5.32 Å². The summed E-state index contributed by atoms with van der Waals surface area (Å²) in [5, 5.41) is 13.2. The van der Waals surface area contributed by atoms with E-state index in [4.69, 9.17) is 4.74 Å². The molecule has 0 radical (unpaired) electrons. The fourth-order valence-corrected chi connectivity index (χ4v) is 2.80. The van der Waals surface area contributed by atoms with Gasteiger partial charge in [0.25, 0.3) is 0 Å². The zero-order chi connectivity index (χ0) is 12.8. The molecule has 3 unspecified atom stereocenters. The minimum atomic E-state index is -0.349. The summed E-state index contributed by atoms with van der Waals surface area (Å²) < 4.78 is 5.86. The molecule has 0 bridgehead atoms. The fraction of sp³-hybridized carbons (Fsp3) is 1.00. The molecule has 0 aromatic rings. The van der Waals surface area contributed by atoms with E-state index < -0.39 is 0 Å². The zero-order valence-corrected chi connectivity index (χ0v) is 11.7. The molecule has 0 amide bonds. The van der Waals surface area contributed by atoms with Gasteiger partial charge in [0.05, 0.1) is 18.8 Å². The lowest BCUT2D eigenvalue weighted by molar-refractivity contribution is -0.0451. The van der Waals surface area contributed by atoms with Gasteiger partial charge in [0, 0.05) is 6.54 Å². The van der Waals surface area contributed by atoms with Crippen molar-refractivity contribution < 1.29 is 9.84 Å². The minimum Gasteiger partial charge on any atom is -0.389 e. The molecular formula is C15H29NO2. The maximum absolute atomic E-state index is 9.86. The first-order valence-corrected chi connectivity index (χ1v) is 7.76. The molecule has 2 aliphatic rings. The number of aliphatic hydroxyl groups is 1. The van der Waals surface area contributed by atoms with Crippen LogP contribution in [0.25, 0.3) is 0 Å². The Morgan fingerprint density at radius 2 is 2.00 bits per heavy atom. The van der Waals surface area contributed by atoms with Crippen LogP contribution in [-0.2, 0) is 4.74 Å². The molecule has 106 valence electrons. The van der Waals surface area contributed by atoms with Gasteiger partial charge >= 0.3 is 0 Å². The molecule has 2 aliphatic carbocycles. The molecule has 2 N–H and O–H groups in total. The number of nitrogens with one attached hydrogen (secondary N) is 1. The summed E-state index contributed by atoms with van der Waals surface area (Å²) in [6, 6.07) is 0. The smallest absolute Gasteiger partial charge is 0.0897 e. The van der Waals surface area contributed by atoms with Crippen molar-refractivity contribution in [1.82, 2.24) is 5.32 Å². The van der Waals surface area contributed by atoms with Crippen LogP contribution in [-0.4, -0.2) is 37.0 Å². The van der Waals surface area contributed by atoms with Crippen LogP contribution in [0.5, 0.6) is 0 Å². The number of rotatable bonds is 8. The molecule has 0 aliphatic heterocycles. The molecule has 3 atom stereocenters. The van der Waals surface area contributed by atoms with Crippen LogP contribution in [0.3, 0.4) is 0 Å². The Morgan fingerprint density at radius 1 is 1.22 bits per heavy atom. The second kappa shape index (κ2) is 7.46.